The highest BCUT2D eigenvalue weighted by molar-refractivity contribution is 5.95. The summed E-state index contributed by atoms with van der Waals surface area (Å²) >= 11 is 0. The van der Waals surface area contributed by atoms with Crippen LogP contribution < -0.4 is 10.2 Å². The molecule has 0 saturated carbocycles. The summed E-state index contributed by atoms with van der Waals surface area (Å²) in [4.78, 5) is 12.0. The fraction of sp³-hybridized carbons (Fsp3) is 0.222. The lowest BCUT2D eigenvalue weighted by atomic mass is 10.00. The minimum atomic E-state index is -0.250. The number of rotatable bonds is 4. The third-order valence-corrected chi connectivity index (χ3v) is 3.82. The molecule has 1 amide bonds. The molecule has 0 unspecified atom stereocenters. The summed E-state index contributed by atoms with van der Waals surface area (Å²) in [5.41, 5.74) is 7.73. The monoisotopic (exact) mass is 296 g/mol. The molecule has 0 fully saturated rings. The van der Waals surface area contributed by atoms with Gasteiger partial charge in [0.15, 0.2) is 0 Å². The van der Waals surface area contributed by atoms with Gasteiger partial charge in [-0.05, 0) is 67.3 Å². The number of benzene rings is 2. The molecule has 114 valence electrons. The number of methoxy groups -OCH3 is 1. The van der Waals surface area contributed by atoms with Crippen LogP contribution >= 0.6 is 0 Å². The molecule has 0 aromatic heterocycles. The summed E-state index contributed by atoms with van der Waals surface area (Å²) in [5, 5.41) is 4.04. The van der Waals surface area contributed by atoms with Gasteiger partial charge in [-0.25, -0.2) is 5.43 Å². The van der Waals surface area contributed by atoms with E-state index in [9.17, 15) is 4.79 Å². The Morgan fingerprint density at radius 2 is 1.73 bits per heavy atom. The lowest BCUT2D eigenvalue weighted by Crippen LogP contribution is -2.17. The molecule has 0 aliphatic heterocycles. The van der Waals surface area contributed by atoms with Crippen molar-refractivity contribution in [2.24, 2.45) is 5.10 Å². The van der Waals surface area contributed by atoms with Gasteiger partial charge in [-0.1, -0.05) is 12.1 Å². The largest absolute Gasteiger partial charge is 0.497 e. The van der Waals surface area contributed by atoms with Crippen LogP contribution in [0.1, 0.15) is 32.6 Å². The Bertz CT molecular complexity index is 704. The van der Waals surface area contributed by atoms with Crippen molar-refractivity contribution in [3.8, 4) is 5.75 Å². The number of carbonyl (C=O) groups is 1. The highest BCUT2D eigenvalue weighted by Crippen LogP contribution is 2.15. The number of hydrazone groups is 1. The maximum absolute atomic E-state index is 12.0. The Kier molecular flexibility index (Phi) is 4.94. The summed E-state index contributed by atoms with van der Waals surface area (Å²) < 4.78 is 5.06. The Morgan fingerprint density at radius 3 is 2.36 bits per heavy atom. The number of nitrogens with one attached hydrogen (secondary N) is 1. The van der Waals surface area contributed by atoms with Crippen molar-refractivity contribution in [1.82, 2.24) is 5.43 Å². The van der Waals surface area contributed by atoms with Crippen molar-refractivity contribution < 1.29 is 9.53 Å². The summed E-state index contributed by atoms with van der Waals surface area (Å²) in [6.45, 7) is 6.21. The first kappa shape index (κ1) is 15.8. The van der Waals surface area contributed by atoms with E-state index in [4.69, 9.17) is 4.74 Å². The van der Waals surface area contributed by atoms with E-state index in [1.807, 2.05) is 6.07 Å². The smallest absolute Gasteiger partial charge is 0.271 e. The minimum absolute atomic E-state index is 0.250. The second-order valence-electron chi connectivity index (χ2n) is 5.15. The molecule has 0 radical (unpaired) electrons. The van der Waals surface area contributed by atoms with Crippen LogP contribution in [0.15, 0.2) is 41.5 Å². The topological polar surface area (TPSA) is 50.7 Å². The van der Waals surface area contributed by atoms with E-state index in [1.54, 1.807) is 37.6 Å². The molecule has 4 heteroatoms. The molecule has 2 rings (SSSR count). The maximum Gasteiger partial charge on any atom is 0.271 e. The van der Waals surface area contributed by atoms with Crippen molar-refractivity contribution in [2.45, 2.75) is 20.8 Å². The van der Waals surface area contributed by atoms with Crippen LogP contribution in [-0.4, -0.2) is 19.2 Å². The molecule has 0 aliphatic rings. The third kappa shape index (κ3) is 3.52. The number of amides is 1. The average molecular weight is 296 g/mol. The zero-order valence-electron chi connectivity index (χ0n) is 13.3. The van der Waals surface area contributed by atoms with E-state index in [1.165, 1.54) is 16.7 Å². The van der Waals surface area contributed by atoms with Gasteiger partial charge in [0, 0.05) is 5.56 Å². The first-order chi connectivity index (χ1) is 10.5. The molecule has 0 saturated heterocycles. The van der Waals surface area contributed by atoms with E-state index < -0.39 is 0 Å². The number of nitrogens with zero attached hydrogens (tertiary/aromatic N) is 1. The van der Waals surface area contributed by atoms with E-state index in [0.717, 1.165) is 5.56 Å². The summed E-state index contributed by atoms with van der Waals surface area (Å²) in [6.07, 6.45) is 1.67. The first-order valence-electron chi connectivity index (χ1n) is 7.07. The van der Waals surface area contributed by atoms with E-state index in [2.05, 4.69) is 37.4 Å². The summed E-state index contributed by atoms with van der Waals surface area (Å²) in [7, 11) is 1.59. The van der Waals surface area contributed by atoms with Crippen LogP contribution in [0.2, 0.25) is 0 Å². The standard InChI is InChI=1S/C18H20N2O2/c1-12-5-6-16(14(3)13(12)2)11-19-20-18(21)15-7-9-17(22-4)10-8-15/h5-11H,1-4H3,(H,20,21)/b19-11+. The molecule has 0 atom stereocenters. The predicted molar refractivity (Wildman–Crippen MR) is 88.7 cm³/mol. The Labute approximate surface area is 130 Å². The number of carbonyl (C=O) groups excluding carboxylic acids is 1. The van der Waals surface area contributed by atoms with Crippen molar-refractivity contribution in [1.29, 1.82) is 0 Å². The van der Waals surface area contributed by atoms with Gasteiger partial charge in [-0.3, -0.25) is 4.79 Å². The van der Waals surface area contributed by atoms with Crippen LogP contribution in [0.25, 0.3) is 0 Å². The highest BCUT2D eigenvalue weighted by Gasteiger charge is 2.05. The van der Waals surface area contributed by atoms with Crippen LogP contribution in [-0.2, 0) is 0 Å². The Morgan fingerprint density at radius 1 is 1.05 bits per heavy atom. The van der Waals surface area contributed by atoms with E-state index in [-0.39, 0.29) is 5.91 Å². The average Bonchev–Trinajstić information content (AvgIpc) is 2.54. The van der Waals surface area contributed by atoms with Gasteiger partial charge in [0.05, 0.1) is 13.3 Å². The number of aryl methyl sites for hydroxylation is 1. The van der Waals surface area contributed by atoms with E-state index >= 15 is 0 Å². The quantitative estimate of drug-likeness (QED) is 0.694. The first-order valence-corrected chi connectivity index (χ1v) is 7.07. The van der Waals surface area contributed by atoms with Crippen LogP contribution in [0.5, 0.6) is 5.75 Å². The predicted octanol–water partition coefficient (Wildman–Crippen LogP) is 3.38. The molecule has 0 bridgehead atoms. The minimum Gasteiger partial charge on any atom is -0.497 e. The second-order valence-corrected chi connectivity index (χ2v) is 5.15. The number of ether oxygens (including phenoxy) is 1. The van der Waals surface area contributed by atoms with Gasteiger partial charge in [-0.15, -0.1) is 0 Å². The zero-order chi connectivity index (χ0) is 16.1. The fourth-order valence-electron chi connectivity index (χ4n) is 2.08. The molecule has 4 nitrogen and oxygen atoms in total. The number of hydrogen-bond acceptors (Lipinski definition) is 3. The molecule has 2 aromatic carbocycles. The summed E-state index contributed by atoms with van der Waals surface area (Å²) in [6, 6.07) is 10.9. The molecule has 2 aromatic rings. The van der Waals surface area contributed by atoms with Crippen molar-refractivity contribution in [2.75, 3.05) is 7.11 Å². The summed E-state index contributed by atoms with van der Waals surface area (Å²) in [5.74, 6) is 0.464. The van der Waals surface area contributed by atoms with Gasteiger partial charge in [0.25, 0.3) is 5.91 Å². The molecule has 22 heavy (non-hydrogen) atoms. The van der Waals surface area contributed by atoms with Gasteiger partial charge in [0.1, 0.15) is 5.75 Å². The van der Waals surface area contributed by atoms with Crippen LogP contribution in [0.4, 0.5) is 0 Å². The molecular weight excluding hydrogens is 276 g/mol. The Hall–Kier alpha value is -2.62. The van der Waals surface area contributed by atoms with Crippen molar-refractivity contribution in [3.63, 3.8) is 0 Å². The molecule has 0 aliphatic carbocycles. The van der Waals surface area contributed by atoms with Crippen LogP contribution in [0, 0.1) is 20.8 Å². The molecule has 0 heterocycles. The fourth-order valence-corrected chi connectivity index (χ4v) is 2.08. The lowest BCUT2D eigenvalue weighted by molar-refractivity contribution is 0.0955. The van der Waals surface area contributed by atoms with Crippen molar-refractivity contribution in [3.05, 3.63) is 64.2 Å². The van der Waals surface area contributed by atoms with Gasteiger partial charge < -0.3 is 4.74 Å². The van der Waals surface area contributed by atoms with Gasteiger partial charge in [0.2, 0.25) is 0 Å². The SMILES string of the molecule is COc1ccc(C(=O)N/N=C/c2ccc(C)c(C)c2C)cc1. The molecule has 0 spiro atoms. The van der Waals surface area contributed by atoms with E-state index in [0.29, 0.717) is 11.3 Å². The number of hydrogen-bond donors (Lipinski definition) is 1. The van der Waals surface area contributed by atoms with Gasteiger partial charge >= 0.3 is 0 Å². The normalized spacial score (nSPS) is 10.7. The Balaban J connectivity index is 2.05. The molecule has 1 N–H and O–H groups in total. The molecular formula is C18H20N2O2. The lowest BCUT2D eigenvalue weighted by Gasteiger charge is -2.07. The van der Waals surface area contributed by atoms with Gasteiger partial charge in [-0.2, -0.15) is 5.10 Å². The second kappa shape index (κ2) is 6.89. The zero-order valence-corrected chi connectivity index (χ0v) is 13.3. The maximum atomic E-state index is 12.0. The third-order valence-electron chi connectivity index (χ3n) is 3.82. The van der Waals surface area contributed by atoms with Crippen LogP contribution in [0.3, 0.4) is 0 Å². The van der Waals surface area contributed by atoms with Crippen molar-refractivity contribution >= 4 is 12.1 Å². The highest BCUT2D eigenvalue weighted by atomic mass is 16.5.